The standard InChI is InChI=1S/C13H13NO2/c15-13-6-7-14-8-12(13)10-16-9-11-4-2-1-3-5-11/h1-8H,9-10H2,(H,14,15). The van der Waals surface area contributed by atoms with Gasteiger partial charge in [0.25, 0.3) is 0 Å². The van der Waals surface area contributed by atoms with E-state index in [-0.39, 0.29) is 5.43 Å². The zero-order valence-electron chi connectivity index (χ0n) is 8.85. The molecule has 82 valence electrons. The van der Waals surface area contributed by atoms with Crippen LogP contribution >= 0.6 is 0 Å². The minimum atomic E-state index is 0.00631. The average Bonchev–Trinajstić information content (AvgIpc) is 2.33. The molecule has 3 nitrogen and oxygen atoms in total. The summed E-state index contributed by atoms with van der Waals surface area (Å²) in [5.74, 6) is 0. The number of H-pyrrole nitrogens is 1. The Bertz CT molecular complexity index is 491. The van der Waals surface area contributed by atoms with E-state index in [1.807, 2.05) is 30.3 Å². The quantitative estimate of drug-likeness (QED) is 0.848. The molecule has 16 heavy (non-hydrogen) atoms. The third kappa shape index (κ3) is 2.81. The maximum Gasteiger partial charge on any atom is 0.187 e. The van der Waals surface area contributed by atoms with Crippen molar-refractivity contribution in [2.45, 2.75) is 13.2 Å². The van der Waals surface area contributed by atoms with Gasteiger partial charge in [0.15, 0.2) is 5.43 Å². The molecule has 2 rings (SSSR count). The van der Waals surface area contributed by atoms with Gasteiger partial charge in [-0.1, -0.05) is 30.3 Å². The maximum absolute atomic E-state index is 11.4. The summed E-state index contributed by atoms with van der Waals surface area (Å²) in [5, 5.41) is 0. The lowest BCUT2D eigenvalue weighted by molar-refractivity contribution is 0.106. The highest BCUT2D eigenvalue weighted by atomic mass is 16.5. The third-order valence-corrected chi connectivity index (χ3v) is 2.27. The van der Waals surface area contributed by atoms with E-state index < -0.39 is 0 Å². The lowest BCUT2D eigenvalue weighted by Crippen LogP contribution is -2.08. The molecule has 1 heterocycles. The summed E-state index contributed by atoms with van der Waals surface area (Å²) in [6.07, 6.45) is 3.29. The molecule has 0 aliphatic rings. The second-order valence-corrected chi connectivity index (χ2v) is 3.51. The van der Waals surface area contributed by atoms with E-state index in [2.05, 4.69) is 4.98 Å². The fourth-order valence-electron chi connectivity index (χ4n) is 1.42. The van der Waals surface area contributed by atoms with Crippen LogP contribution in [-0.4, -0.2) is 4.98 Å². The highest BCUT2D eigenvalue weighted by Crippen LogP contribution is 2.02. The van der Waals surface area contributed by atoms with Crippen molar-refractivity contribution in [1.29, 1.82) is 0 Å². The molecule has 2 aromatic rings. The SMILES string of the molecule is O=c1cc[nH]cc1COCc1ccccc1. The summed E-state index contributed by atoms with van der Waals surface area (Å²) in [4.78, 5) is 14.2. The number of pyridine rings is 1. The number of rotatable bonds is 4. The molecule has 1 aromatic carbocycles. The van der Waals surface area contributed by atoms with Gasteiger partial charge in [0.2, 0.25) is 0 Å². The molecule has 0 amide bonds. The van der Waals surface area contributed by atoms with Crippen molar-refractivity contribution in [1.82, 2.24) is 4.98 Å². The molecule has 0 radical (unpaired) electrons. The molecule has 0 spiro atoms. The van der Waals surface area contributed by atoms with Crippen LogP contribution in [0.25, 0.3) is 0 Å². The first-order chi connectivity index (χ1) is 7.86. The van der Waals surface area contributed by atoms with Crippen molar-refractivity contribution >= 4 is 0 Å². The molecule has 1 aromatic heterocycles. The molecule has 0 bridgehead atoms. The fourth-order valence-corrected chi connectivity index (χ4v) is 1.42. The Morgan fingerprint density at radius 3 is 2.62 bits per heavy atom. The maximum atomic E-state index is 11.4. The van der Waals surface area contributed by atoms with Gasteiger partial charge < -0.3 is 9.72 Å². The number of nitrogens with one attached hydrogen (secondary N) is 1. The first kappa shape index (κ1) is 10.6. The van der Waals surface area contributed by atoms with E-state index in [4.69, 9.17) is 4.74 Å². The minimum Gasteiger partial charge on any atom is -0.372 e. The lowest BCUT2D eigenvalue weighted by Gasteiger charge is -2.03. The Labute approximate surface area is 93.7 Å². The number of ether oxygens (including phenoxy) is 1. The van der Waals surface area contributed by atoms with Gasteiger partial charge in [-0.25, -0.2) is 0 Å². The Morgan fingerprint density at radius 2 is 1.88 bits per heavy atom. The predicted octanol–water partition coefficient (Wildman–Crippen LogP) is 2.09. The smallest absolute Gasteiger partial charge is 0.187 e. The largest absolute Gasteiger partial charge is 0.372 e. The van der Waals surface area contributed by atoms with Crippen LogP contribution in [0.5, 0.6) is 0 Å². The first-order valence-corrected chi connectivity index (χ1v) is 5.14. The summed E-state index contributed by atoms with van der Waals surface area (Å²) < 4.78 is 5.47. The minimum absolute atomic E-state index is 0.00631. The van der Waals surface area contributed by atoms with Crippen LogP contribution in [0, 0.1) is 0 Å². The summed E-state index contributed by atoms with van der Waals surface area (Å²) in [5.41, 5.74) is 1.76. The van der Waals surface area contributed by atoms with Crippen LogP contribution in [0.4, 0.5) is 0 Å². The van der Waals surface area contributed by atoms with Crippen molar-refractivity contribution in [2.75, 3.05) is 0 Å². The van der Waals surface area contributed by atoms with Gasteiger partial charge in [-0.05, 0) is 5.56 Å². The number of aromatic amines is 1. The Hall–Kier alpha value is -1.87. The van der Waals surface area contributed by atoms with E-state index in [9.17, 15) is 4.79 Å². The van der Waals surface area contributed by atoms with Gasteiger partial charge >= 0.3 is 0 Å². The second-order valence-electron chi connectivity index (χ2n) is 3.51. The van der Waals surface area contributed by atoms with Gasteiger partial charge in [-0.15, -0.1) is 0 Å². The van der Waals surface area contributed by atoms with Gasteiger partial charge in [0, 0.05) is 24.0 Å². The molecule has 0 saturated heterocycles. The Morgan fingerprint density at radius 1 is 1.06 bits per heavy atom. The number of benzene rings is 1. The van der Waals surface area contributed by atoms with E-state index >= 15 is 0 Å². The normalized spacial score (nSPS) is 10.2. The monoisotopic (exact) mass is 215 g/mol. The Balaban J connectivity index is 1.90. The molecule has 0 unspecified atom stereocenters. The van der Waals surface area contributed by atoms with E-state index in [1.54, 1.807) is 12.4 Å². The first-order valence-electron chi connectivity index (χ1n) is 5.14. The molecule has 0 aliphatic heterocycles. The molecular formula is C13H13NO2. The van der Waals surface area contributed by atoms with E-state index in [0.29, 0.717) is 18.8 Å². The van der Waals surface area contributed by atoms with Crippen molar-refractivity contribution in [3.63, 3.8) is 0 Å². The van der Waals surface area contributed by atoms with Gasteiger partial charge in [0.05, 0.1) is 13.2 Å². The lowest BCUT2D eigenvalue weighted by atomic mass is 10.2. The third-order valence-electron chi connectivity index (χ3n) is 2.27. The second kappa shape index (κ2) is 5.28. The summed E-state index contributed by atoms with van der Waals surface area (Å²) in [6, 6.07) is 11.4. The zero-order chi connectivity index (χ0) is 11.2. The van der Waals surface area contributed by atoms with Crippen molar-refractivity contribution < 1.29 is 4.74 Å². The molecule has 0 aliphatic carbocycles. The summed E-state index contributed by atoms with van der Waals surface area (Å²) in [7, 11) is 0. The van der Waals surface area contributed by atoms with Gasteiger partial charge in [-0.3, -0.25) is 4.79 Å². The number of hydrogen-bond donors (Lipinski definition) is 1. The van der Waals surface area contributed by atoms with Crippen molar-refractivity contribution in [2.24, 2.45) is 0 Å². The van der Waals surface area contributed by atoms with E-state index in [0.717, 1.165) is 5.56 Å². The molecule has 1 N–H and O–H groups in total. The van der Waals surface area contributed by atoms with Crippen LogP contribution in [0.3, 0.4) is 0 Å². The highest BCUT2D eigenvalue weighted by molar-refractivity contribution is 5.13. The summed E-state index contributed by atoms with van der Waals surface area (Å²) in [6.45, 7) is 0.861. The predicted molar refractivity (Wildman–Crippen MR) is 62.0 cm³/mol. The topological polar surface area (TPSA) is 42.1 Å². The van der Waals surface area contributed by atoms with Gasteiger partial charge in [0.1, 0.15) is 0 Å². The van der Waals surface area contributed by atoms with Crippen LogP contribution in [0.2, 0.25) is 0 Å². The highest BCUT2D eigenvalue weighted by Gasteiger charge is 1.98. The summed E-state index contributed by atoms with van der Waals surface area (Å²) >= 11 is 0. The van der Waals surface area contributed by atoms with Crippen molar-refractivity contribution in [3.05, 3.63) is 70.1 Å². The van der Waals surface area contributed by atoms with Crippen LogP contribution in [0.15, 0.2) is 53.6 Å². The molecule has 3 heteroatoms. The number of aromatic nitrogens is 1. The molecule has 0 fully saturated rings. The Kier molecular flexibility index (Phi) is 3.51. The van der Waals surface area contributed by atoms with Gasteiger partial charge in [-0.2, -0.15) is 0 Å². The fraction of sp³-hybridized carbons (Fsp3) is 0.154. The molecular weight excluding hydrogens is 202 g/mol. The molecule has 0 atom stereocenters. The number of hydrogen-bond acceptors (Lipinski definition) is 2. The average molecular weight is 215 g/mol. The van der Waals surface area contributed by atoms with Crippen LogP contribution < -0.4 is 5.43 Å². The van der Waals surface area contributed by atoms with Crippen LogP contribution in [0.1, 0.15) is 11.1 Å². The molecule has 0 saturated carbocycles. The zero-order valence-corrected chi connectivity index (χ0v) is 8.85. The van der Waals surface area contributed by atoms with Crippen molar-refractivity contribution in [3.8, 4) is 0 Å². The van der Waals surface area contributed by atoms with E-state index in [1.165, 1.54) is 6.07 Å². The van der Waals surface area contributed by atoms with Crippen LogP contribution in [-0.2, 0) is 18.0 Å².